The van der Waals surface area contributed by atoms with Gasteiger partial charge in [0, 0.05) is 29.4 Å². The molecular weight excluding hydrogens is 285 g/mol. The van der Waals surface area contributed by atoms with Crippen molar-refractivity contribution in [3.8, 4) is 5.75 Å². The lowest BCUT2D eigenvalue weighted by molar-refractivity contribution is 0.304. The molecule has 0 aliphatic carbocycles. The Kier molecular flexibility index (Phi) is 4.09. The normalized spacial score (nSPS) is 10.2. The monoisotopic (exact) mass is 295 g/mol. The van der Waals surface area contributed by atoms with Crippen molar-refractivity contribution in [1.82, 2.24) is 4.98 Å². The molecule has 0 atom stereocenters. The van der Waals surface area contributed by atoms with Crippen LogP contribution in [0.5, 0.6) is 5.75 Å². The predicted molar refractivity (Wildman–Crippen MR) is 67.6 cm³/mol. The maximum atomic E-state index is 13.2. The van der Waals surface area contributed by atoms with Crippen LogP contribution in [0.15, 0.2) is 42.7 Å². The molecule has 1 aromatic heterocycles. The van der Waals surface area contributed by atoms with Gasteiger partial charge in [0.05, 0.1) is 0 Å². The van der Waals surface area contributed by atoms with Gasteiger partial charge in [-0.25, -0.2) is 4.39 Å². The Morgan fingerprint density at radius 3 is 2.82 bits per heavy atom. The highest BCUT2D eigenvalue weighted by atomic mass is 79.9. The van der Waals surface area contributed by atoms with Gasteiger partial charge >= 0.3 is 0 Å². The Morgan fingerprint density at radius 2 is 2.12 bits per heavy atom. The summed E-state index contributed by atoms with van der Waals surface area (Å²) in [6.07, 6.45) is 3.43. The number of hydrogen-bond acceptors (Lipinski definition) is 2. The highest BCUT2D eigenvalue weighted by Gasteiger charge is 2.01. The van der Waals surface area contributed by atoms with Gasteiger partial charge in [0.1, 0.15) is 18.2 Å². The number of pyridine rings is 1. The summed E-state index contributed by atoms with van der Waals surface area (Å²) in [5.41, 5.74) is 1.81. The highest BCUT2D eigenvalue weighted by Crippen LogP contribution is 2.19. The summed E-state index contributed by atoms with van der Waals surface area (Å²) in [7, 11) is 0. The van der Waals surface area contributed by atoms with E-state index in [2.05, 4.69) is 20.9 Å². The molecule has 0 radical (unpaired) electrons. The highest BCUT2D eigenvalue weighted by molar-refractivity contribution is 9.08. The van der Waals surface area contributed by atoms with Gasteiger partial charge in [0.15, 0.2) is 0 Å². The van der Waals surface area contributed by atoms with Crippen molar-refractivity contribution in [2.45, 2.75) is 11.9 Å². The van der Waals surface area contributed by atoms with E-state index in [1.807, 2.05) is 18.2 Å². The van der Waals surface area contributed by atoms with Crippen LogP contribution in [0.4, 0.5) is 4.39 Å². The van der Waals surface area contributed by atoms with Gasteiger partial charge in [-0.05, 0) is 23.8 Å². The number of hydrogen-bond donors (Lipinski definition) is 0. The second-order valence-electron chi connectivity index (χ2n) is 3.58. The standard InChI is InChI=1S/C13H11BrFNO/c14-7-11-4-12(15)6-13(5-11)17-9-10-2-1-3-16-8-10/h1-6,8H,7,9H2. The Balaban J connectivity index is 2.06. The minimum Gasteiger partial charge on any atom is -0.489 e. The van der Waals surface area contributed by atoms with E-state index in [9.17, 15) is 4.39 Å². The van der Waals surface area contributed by atoms with E-state index in [4.69, 9.17) is 4.74 Å². The molecule has 1 aromatic carbocycles. The maximum Gasteiger partial charge on any atom is 0.127 e. The van der Waals surface area contributed by atoms with Crippen LogP contribution < -0.4 is 4.74 Å². The third-order valence-corrected chi connectivity index (χ3v) is 2.86. The molecule has 2 aromatic rings. The summed E-state index contributed by atoms with van der Waals surface area (Å²) >= 11 is 3.29. The molecule has 0 saturated carbocycles. The first-order valence-corrected chi connectivity index (χ1v) is 6.27. The molecule has 0 saturated heterocycles. The predicted octanol–water partition coefficient (Wildman–Crippen LogP) is 3.69. The molecule has 17 heavy (non-hydrogen) atoms. The second kappa shape index (κ2) is 5.77. The molecule has 0 N–H and O–H groups in total. The van der Waals surface area contributed by atoms with Gasteiger partial charge in [0.2, 0.25) is 0 Å². The molecular formula is C13H11BrFNO. The van der Waals surface area contributed by atoms with Crippen molar-refractivity contribution >= 4 is 15.9 Å². The summed E-state index contributed by atoms with van der Waals surface area (Å²) in [4.78, 5) is 3.99. The van der Waals surface area contributed by atoms with Crippen LogP contribution in [0, 0.1) is 5.82 Å². The number of nitrogens with zero attached hydrogens (tertiary/aromatic N) is 1. The van der Waals surface area contributed by atoms with Crippen LogP contribution >= 0.6 is 15.9 Å². The Hall–Kier alpha value is -1.42. The lowest BCUT2D eigenvalue weighted by Gasteiger charge is -2.07. The molecule has 2 nitrogen and oxygen atoms in total. The van der Waals surface area contributed by atoms with Crippen LogP contribution in [-0.2, 0) is 11.9 Å². The number of ether oxygens (including phenoxy) is 1. The van der Waals surface area contributed by atoms with Crippen molar-refractivity contribution in [3.05, 3.63) is 59.7 Å². The number of alkyl halides is 1. The Labute approximate surface area is 108 Å². The summed E-state index contributed by atoms with van der Waals surface area (Å²) in [6.45, 7) is 0.388. The van der Waals surface area contributed by atoms with E-state index < -0.39 is 0 Å². The molecule has 0 spiro atoms. The SMILES string of the molecule is Fc1cc(CBr)cc(OCc2cccnc2)c1. The molecule has 0 unspecified atom stereocenters. The third-order valence-electron chi connectivity index (χ3n) is 2.21. The minimum atomic E-state index is -0.289. The first-order chi connectivity index (χ1) is 8.28. The quantitative estimate of drug-likeness (QED) is 0.803. The van der Waals surface area contributed by atoms with E-state index in [1.165, 1.54) is 12.1 Å². The minimum absolute atomic E-state index is 0.289. The van der Waals surface area contributed by atoms with Crippen molar-refractivity contribution in [3.63, 3.8) is 0 Å². The Morgan fingerprint density at radius 1 is 1.24 bits per heavy atom. The number of halogens is 2. The second-order valence-corrected chi connectivity index (χ2v) is 4.14. The van der Waals surface area contributed by atoms with Crippen LogP contribution in [0.1, 0.15) is 11.1 Å². The van der Waals surface area contributed by atoms with Crippen LogP contribution in [0.2, 0.25) is 0 Å². The van der Waals surface area contributed by atoms with E-state index in [-0.39, 0.29) is 5.82 Å². The third kappa shape index (κ3) is 3.53. The fourth-order valence-corrected chi connectivity index (χ4v) is 1.76. The average molecular weight is 296 g/mol. The van der Waals surface area contributed by atoms with Gasteiger partial charge in [0.25, 0.3) is 0 Å². The largest absolute Gasteiger partial charge is 0.489 e. The lowest BCUT2D eigenvalue weighted by Crippen LogP contribution is -1.97. The molecule has 0 fully saturated rings. The fourth-order valence-electron chi connectivity index (χ4n) is 1.43. The van der Waals surface area contributed by atoms with Gasteiger partial charge in [-0.2, -0.15) is 0 Å². The van der Waals surface area contributed by atoms with E-state index in [1.54, 1.807) is 12.4 Å². The van der Waals surface area contributed by atoms with Crippen molar-refractivity contribution in [2.24, 2.45) is 0 Å². The fraction of sp³-hybridized carbons (Fsp3) is 0.154. The first-order valence-electron chi connectivity index (χ1n) is 5.15. The number of aromatic nitrogens is 1. The van der Waals surface area contributed by atoms with Crippen molar-refractivity contribution in [2.75, 3.05) is 0 Å². The van der Waals surface area contributed by atoms with Crippen LogP contribution in [-0.4, -0.2) is 4.98 Å². The first kappa shape index (κ1) is 12.0. The molecule has 0 amide bonds. The maximum absolute atomic E-state index is 13.2. The smallest absolute Gasteiger partial charge is 0.127 e. The number of benzene rings is 1. The zero-order valence-electron chi connectivity index (χ0n) is 9.07. The van der Waals surface area contributed by atoms with E-state index in [0.717, 1.165) is 11.1 Å². The summed E-state index contributed by atoms with van der Waals surface area (Å²) in [5, 5.41) is 0.605. The van der Waals surface area contributed by atoms with Crippen LogP contribution in [0.3, 0.4) is 0 Å². The lowest BCUT2D eigenvalue weighted by atomic mass is 10.2. The molecule has 0 aliphatic rings. The van der Waals surface area contributed by atoms with Gasteiger partial charge in [-0.15, -0.1) is 0 Å². The summed E-state index contributed by atoms with van der Waals surface area (Å²) < 4.78 is 18.7. The van der Waals surface area contributed by atoms with Crippen molar-refractivity contribution < 1.29 is 9.13 Å². The topological polar surface area (TPSA) is 22.1 Å². The summed E-state index contributed by atoms with van der Waals surface area (Å²) in [6, 6.07) is 8.42. The molecule has 0 bridgehead atoms. The van der Waals surface area contributed by atoms with Gasteiger partial charge < -0.3 is 4.74 Å². The summed E-state index contributed by atoms with van der Waals surface area (Å²) in [5.74, 6) is 0.242. The average Bonchev–Trinajstić information content (AvgIpc) is 2.37. The molecule has 1 heterocycles. The number of rotatable bonds is 4. The zero-order valence-corrected chi connectivity index (χ0v) is 10.7. The van der Waals surface area contributed by atoms with Crippen molar-refractivity contribution in [1.29, 1.82) is 0 Å². The van der Waals surface area contributed by atoms with E-state index >= 15 is 0 Å². The molecule has 4 heteroatoms. The molecule has 2 rings (SSSR count). The van der Waals surface area contributed by atoms with E-state index in [0.29, 0.717) is 17.7 Å². The zero-order chi connectivity index (χ0) is 12.1. The van der Waals surface area contributed by atoms with Gasteiger partial charge in [-0.3, -0.25) is 4.98 Å². The van der Waals surface area contributed by atoms with Crippen LogP contribution in [0.25, 0.3) is 0 Å². The molecule has 0 aliphatic heterocycles. The Bertz CT molecular complexity index is 490. The molecule has 88 valence electrons. The van der Waals surface area contributed by atoms with Gasteiger partial charge in [-0.1, -0.05) is 22.0 Å².